The fraction of sp³-hybridized carbons (Fsp3) is 0.875. The normalized spacial score (nSPS) is 14.2. The second-order valence-corrected chi connectivity index (χ2v) is 5.36. The van der Waals surface area contributed by atoms with Crippen molar-refractivity contribution in [3.05, 3.63) is 0 Å². The van der Waals surface area contributed by atoms with Crippen molar-refractivity contribution in [3.63, 3.8) is 0 Å². The van der Waals surface area contributed by atoms with Crippen molar-refractivity contribution in [3.8, 4) is 0 Å². The van der Waals surface area contributed by atoms with Gasteiger partial charge < -0.3 is 14.9 Å². The Morgan fingerprint density at radius 1 is 1.47 bits per heavy atom. The van der Waals surface area contributed by atoms with Gasteiger partial charge in [-0.1, -0.05) is 13.3 Å². The molecule has 0 aromatic carbocycles. The van der Waals surface area contributed by atoms with Crippen molar-refractivity contribution < 1.29 is 24.3 Å². The molecule has 0 aliphatic carbocycles. The van der Waals surface area contributed by atoms with Gasteiger partial charge in [0.2, 0.25) is 0 Å². The van der Waals surface area contributed by atoms with E-state index in [1.807, 2.05) is 6.92 Å². The van der Waals surface area contributed by atoms with Gasteiger partial charge in [0, 0.05) is 0 Å². The van der Waals surface area contributed by atoms with E-state index in [0.717, 1.165) is 12.8 Å². The number of hydrogen-bond donors (Lipinski definition) is 3. The predicted molar refractivity (Wildman–Crippen MR) is 55.6 cm³/mol. The first-order valence-electron chi connectivity index (χ1n) is 4.80. The van der Waals surface area contributed by atoms with Crippen LogP contribution in [0.5, 0.6) is 0 Å². The largest absolute Gasteiger partial charge is 0.480 e. The Morgan fingerprint density at radius 2 is 2.00 bits per heavy atom. The van der Waals surface area contributed by atoms with Crippen molar-refractivity contribution in [2.24, 2.45) is 0 Å². The standard InChI is InChI=1S/C8H18NO5P/c1-3-4-5-9(6-8(10)11)7(2)15(12,13)14/h7H,3-6H2,1-2H3,(H,10,11)(H2,12,13,14). The molecule has 1 unspecified atom stereocenters. The molecule has 6 nitrogen and oxygen atoms in total. The van der Waals surface area contributed by atoms with Crippen molar-refractivity contribution in [2.45, 2.75) is 32.5 Å². The second-order valence-electron chi connectivity index (χ2n) is 3.44. The van der Waals surface area contributed by atoms with E-state index in [1.54, 1.807) is 0 Å². The minimum absolute atomic E-state index is 0.341. The topological polar surface area (TPSA) is 98.1 Å². The van der Waals surface area contributed by atoms with E-state index in [-0.39, 0.29) is 6.54 Å². The molecule has 0 aromatic heterocycles. The summed E-state index contributed by atoms with van der Waals surface area (Å²) < 4.78 is 11.0. The third-order valence-electron chi connectivity index (χ3n) is 2.15. The molecule has 0 amide bonds. The molecule has 7 heteroatoms. The highest BCUT2D eigenvalue weighted by atomic mass is 31.2. The van der Waals surface area contributed by atoms with Gasteiger partial charge in [0.05, 0.1) is 6.54 Å². The lowest BCUT2D eigenvalue weighted by molar-refractivity contribution is -0.138. The zero-order chi connectivity index (χ0) is 12.1. The van der Waals surface area contributed by atoms with Crippen LogP contribution in [-0.2, 0) is 9.36 Å². The summed E-state index contributed by atoms with van der Waals surface area (Å²) in [6, 6.07) is 0. The van der Waals surface area contributed by atoms with Crippen LogP contribution in [0.4, 0.5) is 0 Å². The molecule has 0 radical (unpaired) electrons. The SMILES string of the molecule is CCCCN(CC(=O)O)C(C)P(=O)(O)O. The molecule has 3 N–H and O–H groups in total. The maximum atomic E-state index is 11.0. The number of aliphatic carboxylic acids is 1. The Morgan fingerprint density at radius 3 is 2.33 bits per heavy atom. The third kappa shape index (κ3) is 5.89. The molecule has 15 heavy (non-hydrogen) atoms. The van der Waals surface area contributed by atoms with Crippen LogP contribution in [0.25, 0.3) is 0 Å². The van der Waals surface area contributed by atoms with E-state index in [1.165, 1.54) is 11.8 Å². The number of nitrogens with zero attached hydrogens (tertiary/aromatic N) is 1. The van der Waals surface area contributed by atoms with Gasteiger partial charge in [0.1, 0.15) is 5.78 Å². The first-order valence-corrected chi connectivity index (χ1v) is 6.48. The van der Waals surface area contributed by atoms with Crippen molar-refractivity contribution in [2.75, 3.05) is 13.1 Å². The highest BCUT2D eigenvalue weighted by Crippen LogP contribution is 2.42. The van der Waals surface area contributed by atoms with Crippen LogP contribution in [0.1, 0.15) is 26.7 Å². The molecule has 0 saturated heterocycles. The minimum Gasteiger partial charge on any atom is -0.480 e. The lowest BCUT2D eigenvalue weighted by Crippen LogP contribution is -2.37. The molecule has 1 atom stereocenters. The van der Waals surface area contributed by atoms with Crippen LogP contribution in [0.3, 0.4) is 0 Å². The monoisotopic (exact) mass is 239 g/mol. The van der Waals surface area contributed by atoms with Crippen LogP contribution < -0.4 is 0 Å². The molecular formula is C8H18NO5P. The first-order chi connectivity index (χ1) is 6.79. The minimum atomic E-state index is -4.25. The van der Waals surface area contributed by atoms with E-state index >= 15 is 0 Å². The number of unbranched alkanes of at least 4 members (excludes halogenated alkanes) is 1. The van der Waals surface area contributed by atoms with Gasteiger partial charge in [-0.3, -0.25) is 14.3 Å². The molecular weight excluding hydrogens is 221 g/mol. The molecule has 0 fully saturated rings. The van der Waals surface area contributed by atoms with E-state index < -0.39 is 19.3 Å². The van der Waals surface area contributed by atoms with E-state index in [9.17, 15) is 9.36 Å². The highest BCUT2D eigenvalue weighted by molar-refractivity contribution is 7.52. The summed E-state index contributed by atoms with van der Waals surface area (Å²) >= 11 is 0. The highest BCUT2D eigenvalue weighted by Gasteiger charge is 2.30. The lowest BCUT2D eigenvalue weighted by Gasteiger charge is -2.27. The Balaban J connectivity index is 4.47. The first kappa shape index (κ1) is 14.6. The zero-order valence-corrected chi connectivity index (χ0v) is 9.85. The fourth-order valence-corrected chi connectivity index (χ4v) is 1.77. The van der Waals surface area contributed by atoms with Gasteiger partial charge in [0.15, 0.2) is 0 Å². The maximum absolute atomic E-state index is 11.0. The van der Waals surface area contributed by atoms with Crippen molar-refractivity contribution in [1.82, 2.24) is 4.90 Å². The van der Waals surface area contributed by atoms with Crippen LogP contribution in [0.15, 0.2) is 0 Å². The summed E-state index contributed by atoms with van der Waals surface area (Å²) in [5.74, 6) is -2.12. The van der Waals surface area contributed by atoms with Gasteiger partial charge in [-0.05, 0) is 19.9 Å². The smallest absolute Gasteiger partial charge is 0.342 e. The summed E-state index contributed by atoms with van der Waals surface area (Å²) in [6.07, 6.45) is 1.57. The van der Waals surface area contributed by atoms with E-state index in [4.69, 9.17) is 14.9 Å². The second kappa shape index (κ2) is 6.23. The van der Waals surface area contributed by atoms with Crippen LogP contribution >= 0.6 is 7.60 Å². The van der Waals surface area contributed by atoms with Gasteiger partial charge >= 0.3 is 13.6 Å². The Kier molecular flexibility index (Phi) is 6.05. The summed E-state index contributed by atoms with van der Waals surface area (Å²) in [5.41, 5.74) is 0. The molecule has 0 aliphatic rings. The summed E-state index contributed by atoms with van der Waals surface area (Å²) in [7, 11) is -4.25. The molecule has 0 heterocycles. The number of carbonyl (C=O) groups is 1. The number of carboxylic acids is 1. The number of hydrogen-bond acceptors (Lipinski definition) is 3. The van der Waals surface area contributed by atoms with Gasteiger partial charge in [0.25, 0.3) is 0 Å². The predicted octanol–water partition coefficient (Wildman–Crippen LogP) is 0.697. The quantitative estimate of drug-likeness (QED) is 0.565. The van der Waals surface area contributed by atoms with Gasteiger partial charge in [-0.25, -0.2) is 0 Å². The molecule has 0 spiro atoms. The van der Waals surface area contributed by atoms with Crippen LogP contribution in [-0.4, -0.2) is 44.6 Å². The maximum Gasteiger partial charge on any atom is 0.342 e. The summed E-state index contributed by atoms with van der Waals surface area (Å²) in [6.45, 7) is 3.32. The van der Waals surface area contributed by atoms with Crippen LogP contribution in [0.2, 0.25) is 0 Å². The number of carboxylic acid groups (broad SMARTS) is 1. The van der Waals surface area contributed by atoms with E-state index in [0.29, 0.717) is 6.54 Å². The van der Waals surface area contributed by atoms with Gasteiger partial charge in [-0.15, -0.1) is 0 Å². The average Bonchev–Trinajstić information content (AvgIpc) is 2.09. The summed E-state index contributed by atoms with van der Waals surface area (Å²) in [4.78, 5) is 29.7. The van der Waals surface area contributed by atoms with Crippen molar-refractivity contribution in [1.29, 1.82) is 0 Å². The molecule has 0 aliphatic heterocycles. The molecule has 0 aromatic rings. The number of rotatable bonds is 7. The molecule has 0 bridgehead atoms. The average molecular weight is 239 g/mol. The van der Waals surface area contributed by atoms with Gasteiger partial charge in [-0.2, -0.15) is 0 Å². The Bertz CT molecular complexity index is 251. The molecule has 0 saturated carbocycles. The third-order valence-corrected chi connectivity index (χ3v) is 3.45. The Hall–Kier alpha value is -0.420. The van der Waals surface area contributed by atoms with E-state index in [2.05, 4.69) is 0 Å². The fourth-order valence-electron chi connectivity index (χ4n) is 1.15. The zero-order valence-electron chi connectivity index (χ0n) is 8.96. The molecule has 0 rings (SSSR count). The Labute approximate surface area is 89.1 Å². The van der Waals surface area contributed by atoms with Crippen LogP contribution in [0, 0.1) is 0 Å². The van der Waals surface area contributed by atoms with Crippen molar-refractivity contribution >= 4 is 13.6 Å². The molecule has 90 valence electrons. The lowest BCUT2D eigenvalue weighted by atomic mass is 10.3. The summed E-state index contributed by atoms with van der Waals surface area (Å²) in [5, 5.41) is 8.60.